The quantitative estimate of drug-likeness (QED) is 0.531. The van der Waals surface area contributed by atoms with Gasteiger partial charge in [0.05, 0.1) is 19.2 Å². The standard InChI is InChI=1S/C24H29N3O3/c1-17(26-27-23(28)15-18-11-13-22(30-2)14-12-18)20-9-6-10-21(16-20)25-24(29)19-7-4-3-5-8-19/h6,9-14,16,19H,3-5,7-8,15H2,1-2H3,(H,25,29)(H,27,28)/b26-17-. The number of carbonyl (C=O) groups excluding carboxylic acids is 2. The van der Waals surface area contributed by atoms with E-state index in [-0.39, 0.29) is 24.2 Å². The third-order valence-corrected chi connectivity index (χ3v) is 5.40. The number of rotatable bonds is 7. The van der Waals surface area contributed by atoms with Crippen LogP contribution in [0.3, 0.4) is 0 Å². The third kappa shape index (κ3) is 6.17. The first-order valence-corrected chi connectivity index (χ1v) is 10.4. The first-order chi connectivity index (χ1) is 14.5. The molecule has 1 aliphatic rings. The number of anilines is 1. The number of hydrogen-bond acceptors (Lipinski definition) is 4. The van der Waals surface area contributed by atoms with Crippen molar-refractivity contribution in [2.45, 2.75) is 45.4 Å². The number of methoxy groups -OCH3 is 1. The fourth-order valence-corrected chi connectivity index (χ4v) is 3.61. The van der Waals surface area contributed by atoms with Crippen LogP contribution in [0.2, 0.25) is 0 Å². The van der Waals surface area contributed by atoms with E-state index in [4.69, 9.17) is 4.74 Å². The Morgan fingerprint density at radius 1 is 1.07 bits per heavy atom. The van der Waals surface area contributed by atoms with Gasteiger partial charge in [-0.25, -0.2) is 5.43 Å². The molecule has 6 heteroatoms. The van der Waals surface area contributed by atoms with Crippen LogP contribution in [0.25, 0.3) is 0 Å². The highest BCUT2D eigenvalue weighted by atomic mass is 16.5. The van der Waals surface area contributed by atoms with Gasteiger partial charge < -0.3 is 10.1 Å². The van der Waals surface area contributed by atoms with Crippen molar-refractivity contribution >= 4 is 23.2 Å². The number of hydrazone groups is 1. The summed E-state index contributed by atoms with van der Waals surface area (Å²) < 4.78 is 5.12. The summed E-state index contributed by atoms with van der Waals surface area (Å²) in [5.41, 5.74) is 5.76. The predicted molar refractivity (Wildman–Crippen MR) is 119 cm³/mol. The van der Waals surface area contributed by atoms with Gasteiger partial charge in [0, 0.05) is 11.6 Å². The molecule has 3 rings (SSSR count). The van der Waals surface area contributed by atoms with Crippen LogP contribution in [0.1, 0.15) is 50.2 Å². The molecule has 2 aromatic carbocycles. The zero-order valence-electron chi connectivity index (χ0n) is 17.6. The van der Waals surface area contributed by atoms with Crippen molar-refractivity contribution in [1.82, 2.24) is 5.43 Å². The van der Waals surface area contributed by atoms with Gasteiger partial charge in [-0.3, -0.25) is 9.59 Å². The number of nitrogens with one attached hydrogen (secondary N) is 2. The Hall–Kier alpha value is -3.15. The van der Waals surface area contributed by atoms with Crippen molar-refractivity contribution in [3.63, 3.8) is 0 Å². The van der Waals surface area contributed by atoms with Gasteiger partial charge in [-0.2, -0.15) is 5.10 Å². The summed E-state index contributed by atoms with van der Waals surface area (Å²) >= 11 is 0. The lowest BCUT2D eigenvalue weighted by Gasteiger charge is -2.20. The summed E-state index contributed by atoms with van der Waals surface area (Å²) in [6.07, 6.45) is 5.63. The van der Waals surface area contributed by atoms with Crippen molar-refractivity contribution in [2.75, 3.05) is 12.4 Å². The van der Waals surface area contributed by atoms with Crippen LogP contribution >= 0.6 is 0 Å². The van der Waals surface area contributed by atoms with E-state index in [1.165, 1.54) is 6.42 Å². The molecule has 2 aromatic rings. The highest BCUT2D eigenvalue weighted by Crippen LogP contribution is 2.25. The van der Waals surface area contributed by atoms with Gasteiger partial charge in [0.15, 0.2) is 0 Å². The Labute approximate surface area is 177 Å². The van der Waals surface area contributed by atoms with Gasteiger partial charge in [-0.1, -0.05) is 43.5 Å². The predicted octanol–water partition coefficient (Wildman–Crippen LogP) is 4.30. The average Bonchev–Trinajstić information content (AvgIpc) is 2.78. The Bertz CT molecular complexity index is 900. The summed E-state index contributed by atoms with van der Waals surface area (Å²) in [6, 6.07) is 14.9. The van der Waals surface area contributed by atoms with Crippen LogP contribution in [0, 0.1) is 5.92 Å². The smallest absolute Gasteiger partial charge is 0.244 e. The maximum atomic E-state index is 12.5. The molecule has 0 unspecified atom stereocenters. The normalized spacial score (nSPS) is 14.8. The van der Waals surface area contributed by atoms with Crippen molar-refractivity contribution in [3.8, 4) is 5.75 Å². The molecule has 0 heterocycles. The summed E-state index contributed by atoms with van der Waals surface area (Å²) in [7, 11) is 1.61. The lowest BCUT2D eigenvalue weighted by Crippen LogP contribution is -2.24. The maximum absolute atomic E-state index is 12.5. The Balaban J connectivity index is 1.56. The van der Waals surface area contributed by atoms with E-state index >= 15 is 0 Å². The molecular weight excluding hydrogens is 378 g/mol. The molecule has 2 amide bonds. The van der Waals surface area contributed by atoms with E-state index in [2.05, 4.69) is 15.8 Å². The minimum atomic E-state index is -0.193. The van der Waals surface area contributed by atoms with E-state index < -0.39 is 0 Å². The van der Waals surface area contributed by atoms with Crippen molar-refractivity contribution < 1.29 is 14.3 Å². The molecule has 1 fully saturated rings. The summed E-state index contributed by atoms with van der Waals surface area (Å²) in [4.78, 5) is 24.7. The minimum absolute atomic E-state index is 0.0919. The monoisotopic (exact) mass is 407 g/mol. The third-order valence-electron chi connectivity index (χ3n) is 5.40. The summed E-state index contributed by atoms with van der Waals surface area (Å²) in [5, 5.41) is 7.24. The molecule has 0 spiro atoms. The van der Waals surface area contributed by atoms with Gasteiger partial charge in [0.25, 0.3) is 0 Å². The number of benzene rings is 2. The van der Waals surface area contributed by atoms with E-state index in [9.17, 15) is 9.59 Å². The van der Waals surface area contributed by atoms with Crippen LogP contribution < -0.4 is 15.5 Å². The number of amides is 2. The maximum Gasteiger partial charge on any atom is 0.244 e. The molecular formula is C24H29N3O3. The molecule has 6 nitrogen and oxygen atoms in total. The van der Waals surface area contributed by atoms with Gasteiger partial charge in [0.1, 0.15) is 5.75 Å². The highest BCUT2D eigenvalue weighted by Gasteiger charge is 2.21. The van der Waals surface area contributed by atoms with E-state index in [1.807, 2.05) is 55.5 Å². The molecule has 0 aliphatic heterocycles. The fraction of sp³-hybridized carbons (Fsp3) is 0.375. The zero-order chi connectivity index (χ0) is 21.3. The van der Waals surface area contributed by atoms with E-state index in [0.717, 1.165) is 48.2 Å². The molecule has 158 valence electrons. The SMILES string of the molecule is COc1ccc(CC(=O)N/N=C(/C)c2cccc(NC(=O)C3CCCCC3)c2)cc1. The summed E-state index contributed by atoms with van der Waals surface area (Å²) in [5.74, 6) is 0.758. The summed E-state index contributed by atoms with van der Waals surface area (Å²) in [6.45, 7) is 1.83. The number of nitrogens with zero attached hydrogens (tertiary/aromatic N) is 1. The van der Waals surface area contributed by atoms with E-state index in [0.29, 0.717) is 5.71 Å². The molecule has 0 atom stereocenters. The molecule has 30 heavy (non-hydrogen) atoms. The topological polar surface area (TPSA) is 79.8 Å². The molecule has 0 aromatic heterocycles. The lowest BCUT2D eigenvalue weighted by molar-refractivity contribution is -0.121. The molecule has 1 aliphatic carbocycles. The highest BCUT2D eigenvalue weighted by molar-refractivity contribution is 6.01. The van der Waals surface area contributed by atoms with E-state index in [1.54, 1.807) is 7.11 Å². The molecule has 0 saturated heterocycles. The average molecular weight is 408 g/mol. The van der Waals surface area contributed by atoms with Gasteiger partial charge in [0.2, 0.25) is 11.8 Å². The second-order valence-electron chi connectivity index (χ2n) is 7.66. The first-order valence-electron chi connectivity index (χ1n) is 10.4. The number of hydrogen-bond donors (Lipinski definition) is 2. The molecule has 0 radical (unpaired) electrons. The first kappa shape index (κ1) is 21.6. The molecule has 1 saturated carbocycles. The van der Waals surface area contributed by atoms with Crippen LogP contribution in [0.4, 0.5) is 5.69 Å². The van der Waals surface area contributed by atoms with Gasteiger partial charge in [-0.15, -0.1) is 0 Å². The van der Waals surface area contributed by atoms with Crippen molar-refractivity contribution in [3.05, 3.63) is 59.7 Å². The minimum Gasteiger partial charge on any atom is -0.497 e. The van der Waals surface area contributed by atoms with Crippen molar-refractivity contribution in [2.24, 2.45) is 11.0 Å². The number of carbonyl (C=O) groups is 2. The van der Waals surface area contributed by atoms with Crippen LogP contribution in [0.5, 0.6) is 5.75 Å². The Morgan fingerprint density at radius 2 is 1.80 bits per heavy atom. The van der Waals surface area contributed by atoms with Crippen molar-refractivity contribution in [1.29, 1.82) is 0 Å². The van der Waals surface area contributed by atoms with Crippen LogP contribution in [-0.4, -0.2) is 24.6 Å². The van der Waals surface area contributed by atoms with Crippen LogP contribution in [-0.2, 0) is 16.0 Å². The zero-order valence-corrected chi connectivity index (χ0v) is 17.6. The Morgan fingerprint density at radius 3 is 2.50 bits per heavy atom. The lowest BCUT2D eigenvalue weighted by atomic mass is 9.88. The molecule has 2 N–H and O–H groups in total. The fourth-order valence-electron chi connectivity index (χ4n) is 3.61. The van der Waals surface area contributed by atoms with Crippen LogP contribution in [0.15, 0.2) is 53.6 Å². The molecule has 0 bridgehead atoms. The largest absolute Gasteiger partial charge is 0.497 e. The second-order valence-corrected chi connectivity index (χ2v) is 7.66. The second kappa shape index (κ2) is 10.6. The van der Waals surface area contributed by atoms with Gasteiger partial charge in [-0.05, 0) is 55.2 Å². The van der Waals surface area contributed by atoms with Gasteiger partial charge >= 0.3 is 0 Å². The Kier molecular flexibility index (Phi) is 7.60. The number of ether oxygens (including phenoxy) is 1.